The van der Waals surface area contributed by atoms with Crippen molar-refractivity contribution in [1.29, 1.82) is 0 Å². The molecule has 1 aromatic rings. The van der Waals surface area contributed by atoms with E-state index in [1.54, 1.807) is 6.33 Å². The van der Waals surface area contributed by atoms with E-state index in [1.807, 2.05) is 6.20 Å². The number of aromatic nitrogens is 2. The van der Waals surface area contributed by atoms with Crippen LogP contribution in [0.2, 0.25) is 0 Å². The lowest BCUT2D eigenvalue weighted by Gasteiger charge is -2.25. The molecule has 0 aliphatic rings. The van der Waals surface area contributed by atoms with Crippen LogP contribution in [0.3, 0.4) is 0 Å². The van der Waals surface area contributed by atoms with Gasteiger partial charge in [-0.15, -0.1) is 0 Å². The van der Waals surface area contributed by atoms with Crippen molar-refractivity contribution in [2.75, 3.05) is 18.0 Å². The van der Waals surface area contributed by atoms with Crippen molar-refractivity contribution in [3.63, 3.8) is 0 Å². The second-order valence-electron chi connectivity index (χ2n) is 4.42. The molecule has 1 aromatic heterocycles. The van der Waals surface area contributed by atoms with Crippen LogP contribution >= 0.6 is 0 Å². The van der Waals surface area contributed by atoms with E-state index in [9.17, 15) is 0 Å². The van der Waals surface area contributed by atoms with E-state index in [0.717, 1.165) is 25.3 Å². The number of nitrogens with zero attached hydrogens (tertiary/aromatic N) is 3. The number of hydrogen-bond donors (Lipinski definition) is 0. The van der Waals surface area contributed by atoms with Crippen LogP contribution in [0.5, 0.6) is 0 Å². The van der Waals surface area contributed by atoms with E-state index < -0.39 is 0 Å². The van der Waals surface area contributed by atoms with Gasteiger partial charge in [-0.3, -0.25) is 0 Å². The molecule has 17 heavy (non-hydrogen) atoms. The average Bonchev–Trinajstić information content (AvgIpc) is 2.39. The fraction of sp³-hybridized carbons (Fsp3) is 0.714. The number of rotatable bonds is 8. The first kappa shape index (κ1) is 13.9. The molecule has 0 aliphatic carbocycles. The van der Waals surface area contributed by atoms with Crippen LogP contribution in [0, 0.1) is 0 Å². The highest BCUT2D eigenvalue weighted by atomic mass is 15.2. The van der Waals surface area contributed by atoms with Gasteiger partial charge in [0.25, 0.3) is 0 Å². The van der Waals surface area contributed by atoms with Gasteiger partial charge < -0.3 is 4.90 Å². The van der Waals surface area contributed by atoms with Gasteiger partial charge in [-0.2, -0.15) is 0 Å². The highest BCUT2D eigenvalue weighted by molar-refractivity contribution is 5.45. The van der Waals surface area contributed by atoms with Gasteiger partial charge in [0.1, 0.15) is 12.1 Å². The topological polar surface area (TPSA) is 29.0 Å². The first-order valence-electron chi connectivity index (χ1n) is 6.87. The Bertz CT molecular complexity index is 304. The summed E-state index contributed by atoms with van der Waals surface area (Å²) in [4.78, 5) is 11.0. The fourth-order valence-corrected chi connectivity index (χ4v) is 1.91. The zero-order chi connectivity index (χ0) is 12.5. The van der Waals surface area contributed by atoms with Gasteiger partial charge in [-0.1, -0.05) is 33.6 Å². The summed E-state index contributed by atoms with van der Waals surface area (Å²) >= 11 is 0. The Morgan fingerprint density at radius 1 is 1.06 bits per heavy atom. The van der Waals surface area contributed by atoms with E-state index in [4.69, 9.17) is 0 Å². The molecule has 0 saturated carbocycles. The SMILES string of the molecule is CCCCN(CCCC)c1ncncc1CC. The van der Waals surface area contributed by atoms with E-state index in [1.165, 1.54) is 31.2 Å². The van der Waals surface area contributed by atoms with Crippen molar-refractivity contribution in [2.45, 2.75) is 52.9 Å². The molecule has 1 rings (SSSR count). The molecule has 0 fully saturated rings. The molecule has 0 N–H and O–H groups in total. The lowest BCUT2D eigenvalue weighted by Crippen LogP contribution is -2.27. The summed E-state index contributed by atoms with van der Waals surface area (Å²) in [6.45, 7) is 8.86. The minimum absolute atomic E-state index is 1.00. The largest absolute Gasteiger partial charge is 0.356 e. The summed E-state index contributed by atoms with van der Waals surface area (Å²) in [5.41, 5.74) is 1.26. The predicted octanol–water partition coefficient (Wildman–Crippen LogP) is 3.45. The predicted molar refractivity (Wildman–Crippen MR) is 73.4 cm³/mol. The maximum absolute atomic E-state index is 4.47. The summed E-state index contributed by atoms with van der Waals surface area (Å²) in [7, 11) is 0. The van der Waals surface area contributed by atoms with Crippen molar-refractivity contribution >= 4 is 5.82 Å². The average molecular weight is 235 g/mol. The quantitative estimate of drug-likeness (QED) is 0.691. The molecule has 0 saturated heterocycles. The Balaban J connectivity index is 2.78. The standard InChI is InChI=1S/C14H25N3/c1-4-7-9-17(10-8-5-2)14-13(6-3)11-15-12-16-14/h11-12H,4-10H2,1-3H3. The molecule has 1 heterocycles. The summed E-state index contributed by atoms with van der Waals surface area (Å²) in [5, 5.41) is 0. The van der Waals surface area contributed by atoms with Crippen molar-refractivity contribution in [3.05, 3.63) is 18.1 Å². The van der Waals surface area contributed by atoms with Gasteiger partial charge in [0, 0.05) is 24.8 Å². The van der Waals surface area contributed by atoms with E-state index in [0.29, 0.717) is 0 Å². The summed E-state index contributed by atoms with van der Waals surface area (Å²) < 4.78 is 0. The Morgan fingerprint density at radius 3 is 2.24 bits per heavy atom. The molecule has 0 bridgehead atoms. The van der Waals surface area contributed by atoms with Crippen molar-refractivity contribution < 1.29 is 0 Å². The minimum Gasteiger partial charge on any atom is -0.356 e. The van der Waals surface area contributed by atoms with Crippen molar-refractivity contribution in [3.8, 4) is 0 Å². The highest BCUT2D eigenvalue weighted by Crippen LogP contribution is 2.18. The zero-order valence-electron chi connectivity index (χ0n) is 11.4. The van der Waals surface area contributed by atoms with Crippen LogP contribution in [0.15, 0.2) is 12.5 Å². The van der Waals surface area contributed by atoms with Gasteiger partial charge in [0.05, 0.1) is 0 Å². The monoisotopic (exact) mass is 235 g/mol. The van der Waals surface area contributed by atoms with Crippen molar-refractivity contribution in [1.82, 2.24) is 9.97 Å². The van der Waals surface area contributed by atoms with Gasteiger partial charge in [0.15, 0.2) is 0 Å². The molecule has 96 valence electrons. The maximum Gasteiger partial charge on any atom is 0.135 e. The van der Waals surface area contributed by atoms with Gasteiger partial charge in [-0.05, 0) is 19.3 Å². The van der Waals surface area contributed by atoms with Gasteiger partial charge >= 0.3 is 0 Å². The smallest absolute Gasteiger partial charge is 0.135 e. The minimum atomic E-state index is 1.00. The molecule has 0 unspecified atom stereocenters. The van der Waals surface area contributed by atoms with E-state index in [2.05, 4.69) is 35.6 Å². The van der Waals surface area contributed by atoms with Gasteiger partial charge in [-0.25, -0.2) is 9.97 Å². The van der Waals surface area contributed by atoms with Crippen LogP contribution in [-0.2, 0) is 6.42 Å². The molecule has 3 nitrogen and oxygen atoms in total. The van der Waals surface area contributed by atoms with Crippen LogP contribution in [0.1, 0.15) is 52.0 Å². The molecule has 0 atom stereocenters. The number of aryl methyl sites for hydroxylation is 1. The van der Waals surface area contributed by atoms with Crippen LogP contribution < -0.4 is 4.90 Å². The third-order valence-electron chi connectivity index (χ3n) is 3.01. The zero-order valence-corrected chi connectivity index (χ0v) is 11.4. The number of anilines is 1. The van der Waals surface area contributed by atoms with Crippen LogP contribution in [0.4, 0.5) is 5.82 Å². The third-order valence-corrected chi connectivity index (χ3v) is 3.01. The van der Waals surface area contributed by atoms with Crippen molar-refractivity contribution in [2.24, 2.45) is 0 Å². The van der Waals surface area contributed by atoms with Crippen LogP contribution in [-0.4, -0.2) is 23.1 Å². The Kier molecular flexibility index (Phi) is 6.60. The summed E-state index contributed by atoms with van der Waals surface area (Å²) in [6.07, 6.45) is 9.55. The molecule has 0 radical (unpaired) electrons. The van der Waals surface area contributed by atoms with Gasteiger partial charge in [0.2, 0.25) is 0 Å². The second kappa shape index (κ2) is 8.04. The van der Waals surface area contributed by atoms with E-state index >= 15 is 0 Å². The first-order chi connectivity index (χ1) is 8.33. The fourth-order valence-electron chi connectivity index (χ4n) is 1.91. The molecule has 0 aromatic carbocycles. The third kappa shape index (κ3) is 4.33. The first-order valence-corrected chi connectivity index (χ1v) is 6.87. The molecule has 3 heteroatoms. The molecular weight excluding hydrogens is 210 g/mol. The lowest BCUT2D eigenvalue weighted by molar-refractivity contribution is 0.667. The Morgan fingerprint density at radius 2 is 1.71 bits per heavy atom. The highest BCUT2D eigenvalue weighted by Gasteiger charge is 2.10. The summed E-state index contributed by atoms with van der Waals surface area (Å²) in [5.74, 6) is 1.14. The molecular formula is C14H25N3. The molecule has 0 aliphatic heterocycles. The number of hydrogen-bond acceptors (Lipinski definition) is 3. The Labute approximate surface area is 105 Å². The Hall–Kier alpha value is -1.12. The normalized spacial score (nSPS) is 10.5. The molecule has 0 spiro atoms. The second-order valence-corrected chi connectivity index (χ2v) is 4.42. The number of unbranched alkanes of at least 4 members (excludes halogenated alkanes) is 2. The molecule has 0 amide bonds. The summed E-state index contributed by atoms with van der Waals surface area (Å²) in [6, 6.07) is 0. The van der Waals surface area contributed by atoms with Crippen LogP contribution in [0.25, 0.3) is 0 Å². The lowest BCUT2D eigenvalue weighted by atomic mass is 10.2. The van der Waals surface area contributed by atoms with E-state index in [-0.39, 0.29) is 0 Å². The maximum atomic E-state index is 4.47.